The molecule has 1 fully saturated rings. The van der Waals surface area contributed by atoms with E-state index in [2.05, 4.69) is 0 Å². The molecule has 3 aromatic rings. The van der Waals surface area contributed by atoms with Crippen LogP contribution in [0.5, 0.6) is 0 Å². The van der Waals surface area contributed by atoms with E-state index in [1.54, 1.807) is 53.0 Å². The third kappa shape index (κ3) is 2.73. The van der Waals surface area contributed by atoms with Gasteiger partial charge in [-0.3, -0.25) is 4.79 Å². The van der Waals surface area contributed by atoms with Crippen LogP contribution in [-0.2, 0) is 16.6 Å². The molecule has 0 spiro atoms. The molecule has 28 heavy (non-hydrogen) atoms. The molecule has 2 aliphatic heterocycles. The van der Waals surface area contributed by atoms with Gasteiger partial charge in [0.15, 0.2) is 0 Å². The first-order chi connectivity index (χ1) is 13.5. The van der Waals surface area contributed by atoms with Crippen molar-refractivity contribution < 1.29 is 12.8 Å². The minimum absolute atomic E-state index is 0.0179. The zero-order valence-corrected chi connectivity index (χ0v) is 16.0. The number of fused-ring (bicyclic) bond motifs is 4. The Balaban J connectivity index is 1.51. The van der Waals surface area contributed by atoms with Gasteiger partial charge in [0.05, 0.1) is 16.7 Å². The van der Waals surface area contributed by atoms with E-state index in [1.165, 1.54) is 0 Å². The van der Waals surface area contributed by atoms with E-state index in [-0.39, 0.29) is 17.4 Å². The molecule has 5 rings (SSSR count). The van der Waals surface area contributed by atoms with Crippen molar-refractivity contribution in [3.05, 3.63) is 76.9 Å². The zero-order valence-electron chi connectivity index (χ0n) is 15.2. The van der Waals surface area contributed by atoms with Gasteiger partial charge in [0.1, 0.15) is 5.76 Å². The first-order valence-corrected chi connectivity index (χ1v) is 10.8. The third-order valence-corrected chi connectivity index (χ3v) is 7.58. The standard InChI is InChI=1S/C21H20N2O4S/c24-21-18(20-7-4-10-27-20)8-9-19-16-11-15(13-23(19)21)12-22(14-16)28(25,26)17-5-2-1-3-6-17/h1-10,15-16H,11-14H2/t15-,16+/m0/s1. The summed E-state index contributed by atoms with van der Waals surface area (Å²) in [6.45, 7) is 1.36. The van der Waals surface area contributed by atoms with E-state index in [1.807, 2.05) is 16.7 Å². The van der Waals surface area contributed by atoms with Gasteiger partial charge in [-0.25, -0.2) is 8.42 Å². The van der Waals surface area contributed by atoms with Crippen LogP contribution in [0.2, 0.25) is 0 Å². The van der Waals surface area contributed by atoms with Crippen LogP contribution >= 0.6 is 0 Å². The van der Waals surface area contributed by atoms with Crippen LogP contribution in [0.15, 0.2) is 75.0 Å². The maximum absolute atomic E-state index is 13.1. The molecule has 0 aliphatic carbocycles. The van der Waals surface area contributed by atoms with Gasteiger partial charge in [-0.05, 0) is 48.7 Å². The summed E-state index contributed by atoms with van der Waals surface area (Å²) < 4.78 is 34.9. The van der Waals surface area contributed by atoms with Gasteiger partial charge in [-0.2, -0.15) is 4.31 Å². The molecule has 0 unspecified atom stereocenters. The summed E-state index contributed by atoms with van der Waals surface area (Å²) in [5, 5.41) is 0. The number of pyridine rings is 1. The number of hydrogen-bond donors (Lipinski definition) is 0. The number of benzene rings is 1. The lowest BCUT2D eigenvalue weighted by Gasteiger charge is -2.42. The number of furan rings is 1. The van der Waals surface area contributed by atoms with Crippen LogP contribution in [0, 0.1) is 5.92 Å². The van der Waals surface area contributed by atoms with Crippen LogP contribution < -0.4 is 5.56 Å². The Hall–Kier alpha value is -2.64. The van der Waals surface area contributed by atoms with Gasteiger partial charge in [0, 0.05) is 31.2 Å². The molecule has 2 atom stereocenters. The normalized spacial score (nSPS) is 22.0. The Morgan fingerprint density at radius 2 is 1.75 bits per heavy atom. The Kier molecular flexibility index (Phi) is 4.03. The first-order valence-electron chi connectivity index (χ1n) is 9.37. The summed E-state index contributed by atoms with van der Waals surface area (Å²) in [6, 6.07) is 15.8. The van der Waals surface area contributed by atoms with Gasteiger partial charge >= 0.3 is 0 Å². The van der Waals surface area contributed by atoms with Gasteiger partial charge < -0.3 is 8.98 Å². The number of rotatable bonds is 3. The van der Waals surface area contributed by atoms with E-state index < -0.39 is 10.0 Å². The van der Waals surface area contributed by atoms with Crippen LogP contribution in [0.3, 0.4) is 0 Å². The molecule has 0 radical (unpaired) electrons. The number of hydrogen-bond acceptors (Lipinski definition) is 4. The van der Waals surface area contributed by atoms with Crippen LogP contribution in [0.25, 0.3) is 11.3 Å². The number of aromatic nitrogens is 1. The highest BCUT2D eigenvalue weighted by atomic mass is 32.2. The highest BCUT2D eigenvalue weighted by molar-refractivity contribution is 7.89. The zero-order chi connectivity index (χ0) is 19.3. The summed E-state index contributed by atoms with van der Waals surface area (Å²) in [4.78, 5) is 13.3. The van der Waals surface area contributed by atoms with Gasteiger partial charge in [-0.1, -0.05) is 18.2 Å². The fourth-order valence-corrected chi connectivity index (χ4v) is 6.04. The van der Waals surface area contributed by atoms with Crippen molar-refractivity contribution >= 4 is 10.0 Å². The molecule has 144 valence electrons. The highest BCUT2D eigenvalue weighted by Crippen LogP contribution is 2.37. The van der Waals surface area contributed by atoms with Crippen molar-refractivity contribution in [2.45, 2.75) is 23.8 Å². The smallest absolute Gasteiger partial charge is 0.261 e. The highest BCUT2D eigenvalue weighted by Gasteiger charge is 2.39. The van der Waals surface area contributed by atoms with Crippen molar-refractivity contribution in [2.24, 2.45) is 5.92 Å². The van der Waals surface area contributed by atoms with Gasteiger partial charge in [0.25, 0.3) is 5.56 Å². The second kappa shape index (κ2) is 6.46. The second-order valence-corrected chi connectivity index (χ2v) is 9.44. The molecule has 6 nitrogen and oxygen atoms in total. The van der Waals surface area contributed by atoms with Crippen molar-refractivity contribution in [1.82, 2.24) is 8.87 Å². The lowest BCUT2D eigenvalue weighted by atomic mass is 9.84. The maximum atomic E-state index is 13.1. The molecule has 1 aromatic carbocycles. The molecule has 0 N–H and O–H groups in total. The van der Waals surface area contributed by atoms with E-state index in [0.717, 1.165) is 12.1 Å². The summed E-state index contributed by atoms with van der Waals surface area (Å²) in [5.74, 6) is 0.697. The molecule has 0 amide bonds. The topological polar surface area (TPSA) is 72.5 Å². The largest absolute Gasteiger partial charge is 0.464 e. The molecule has 0 saturated carbocycles. The first kappa shape index (κ1) is 17.5. The lowest BCUT2D eigenvalue weighted by molar-refractivity contribution is 0.186. The summed E-state index contributed by atoms with van der Waals surface area (Å²) >= 11 is 0. The van der Waals surface area contributed by atoms with Gasteiger partial charge in [0.2, 0.25) is 10.0 Å². The molecule has 2 aliphatic rings. The number of nitrogens with zero attached hydrogens (tertiary/aromatic N) is 2. The van der Waals surface area contributed by atoms with Gasteiger partial charge in [-0.15, -0.1) is 0 Å². The lowest BCUT2D eigenvalue weighted by Crippen LogP contribution is -2.49. The number of piperidine rings is 1. The van der Waals surface area contributed by atoms with Crippen molar-refractivity contribution in [3.8, 4) is 11.3 Å². The van der Waals surface area contributed by atoms with Crippen LogP contribution in [0.1, 0.15) is 18.0 Å². The molecule has 2 aromatic heterocycles. The molecular weight excluding hydrogens is 376 g/mol. The predicted molar refractivity (Wildman–Crippen MR) is 104 cm³/mol. The second-order valence-electron chi connectivity index (χ2n) is 7.50. The molecule has 2 bridgehead atoms. The van der Waals surface area contributed by atoms with Crippen LogP contribution in [0.4, 0.5) is 0 Å². The minimum Gasteiger partial charge on any atom is -0.464 e. The molecular formula is C21H20N2O4S. The van der Waals surface area contributed by atoms with E-state index in [0.29, 0.717) is 35.9 Å². The van der Waals surface area contributed by atoms with Crippen molar-refractivity contribution in [3.63, 3.8) is 0 Å². The Morgan fingerprint density at radius 1 is 0.929 bits per heavy atom. The molecule has 7 heteroatoms. The van der Waals surface area contributed by atoms with E-state index >= 15 is 0 Å². The molecule has 1 saturated heterocycles. The van der Waals surface area contributed by atoms with Crippen molar-refractivity contribution in [2.75, 3.05) is 13.1 Å². The summed E-state index contributed by atoms with van der Waals surface area (Å²) in [5.41, 5.74) is 1.38. The predicted octanol–water partition coefficient (Wildman–Crippen LogP) is 2.92. The third-order valence-electron chi connectivity index (χ3n) is 5.74. The Morgan fingerprint density at radius 3 is 2.50 bits per heavy atom. The Labute approximate surface area is 163 Å². The monoisotopic (exact) mass is 396 g/mol. The summed E-state index contributed by atoms with van der Waals surface area (Å²) in [7, 11) is -3.53. The van der Waals surface area contributed by atoms with Crippen molar-refractivity contribution in [1.29, 1.82) is 0 Å². The fraction of sp³-hybridized carbons (Fsp3) is 0.286. The maximum Gasteiger partial charge on any atom is 0.261 e. The minimum atomic E-state index is -3.53. The Bertz CT molecular complexity index is 1170. The number of sulfonamides is 1. The van der Waals surface area contributed by atoms with E-state index in [9.17, 15) is 13.2 Å². The molecule has 4 heterocycles. The van der Waals surface area contributed by atoms with E-state index in [4.69, 9.17) is 4.42 Å². The average molecular weight is 396 g/mol. The quantitative estimate of drug-likeness (QED) is 0.682. The SMILES string of the molecule is O=c1c(-c2ccco2)ccc2n1C[C@H]1C[C@@H]2CN(S(=O)(=O)c2ccccc2)C1. The summed E-state index contributed by atoms with van der Waals surface area (Å²) in [6.07, 6.45) is 2.46. The van der Waals surface area contributed by atoms with Crippen LogP contribution in [-0.4, -0.2) is 30.4 Å². The fourth-order valence-electron chi connectivity index (χ4n) is 4.46. The average Bonchev–Trinajstić information content (AvgIpc) is 3.24.